The molecule has 7 nitrogen and oxygen atoms in total. The quantitative estimate of drug-likeness (QED) is 0.590. The van der Waals surface area contributed by atoms with Gasteiger partial charge in [0.1, 0.15) is 5.65 Å². The van der Waals surface area contributed by atoms with Crippen molar-refractivity contribution in [3.05, 3.63) is 42.4 Å². The zero-order valence-corrected chi connectivity index (χ0v) is 16.9. The number of pyridine rings is 2. The lowest BCUT2D eigenvalue weighted by Crippen LogP contribution is -2.47. The summed E-state index contributed by atoms with van der Waals surface area (Å²) in [5.74, 6) is 0.594. The highest BCUT2D eigenvalue weighted by molar-refractivity contribution is 7.89. The lowest BCUT2D eigenvalue weighted by atomic mass is 10.0. The van der Waals surface area contributed by atoms with Crippen LogP contribution in [0.5, 0.6) is 0 Å². The number of rotatable bonds is 6. The maximum absolute atomic E-state index is 12.5. The summed E-state index contributed by atoms with van der Waals surface area (Å²) >= 11 is 0. The summed E-state index contributed by atoms with van der Waals surface area (Å²) in [6, 6.07) is 6.61. The normalized spacial score (nSPS) is 16.4. The number of fused-ring (bicyclic) bond motifs is 1. The highest BCUT2D eigenvalue weighted by Gasteiger charge is 2.28. The number of sulfonamides is 1. The van der Waals surface area contributed by atoms with Crippen molar-refractivity contribution >= 4 is 21.1 Å². The molecule has 0 radical (unpaired) electrons. The van der Waals surface area contributed by atoms with E-state index in [0.717, 1.165) is 22.2 Å². The Morgan fingerprint density at radius 1 is 1.25 bits per heavy atom. The fourth-order valence-corrected chi connectivity index (χ4v) is 4.36. The molecule has 4 rings (SSSR count). The van der Waals surface area contributed by atoms with E-state index in [1.165, 1.54) is 24.6 Å². The Kier molecular flexibility index (Phi) is 4.52. The molecule has 0 saturated heterocycles. The molecular weight excluding hydrogens is 376 g/mol. The van der Waals surface area contributed by atoms with Gasteiger partial charge in [0.25, 0.3) is 10.0 Å². The van der Waals surface area contributed by atoms with Crippen LogP contribution in [0.4, 0.5) is 0 Å². The monoisotopic (exact) mass is 400 g/mol. The number of aliphatic hydroxyl groups is 1. The van der Waals surface area contributed by atoms with Crippen LogP contribution < -0.4 is 4.72 Å². The minimum atomic E-state index is -3.82. The zero-order chi connectivity index (χ0) is 20.1. The first-order valence-electron chi connectivity index (χ1n) is 9.34. The van der Waals surface area contributed by atoms with Gasteiger partial charge < -0.3 is 10.1 Å². The minimum Gasteiger partial charge on any atom is -0.389 e. The molecule has 148 valence electrons. The van der Waals surface area contributed by atoms with Gasteiger partial charge in [-0.3, -0.25) is 0 Å². The molecule has 28 heavy (non-hydrogen) atoms. The van der Waals surface area contributed by atoms with E-state index in [1.54, 1.807) is 39.2 Å². The molecule has 0 spiro atoms. The first-order chi connectivity index (χ1) is 13.1. The summed E-state index contributed by atoms with van der Waals surface area (Å²) in [6.07, 6.45) is 5.70. The summed E-state index contributed by atoms with van der Waals surface area (Å²) in [7, 11) is -3.82. The van der Waals surface area contributed by atoms with Crippen LogP contribution in [0, 0.1) is 0 Å². The van der Waals surface area contributed by atoms with E-state index in [0.29, 0.717) is 5.92 Å². The van der Waals surface area contributed by atoms with Crippen molar-refractivity contribution in [2.24, 2.45) is 0 Å². The van der Waals surface area contributed by atoms with Gasteiger partial charge in [0, 0.05) is 35.1 Å². The number of nitrogens with one attached hydrogen (secondary N) is 2. The Labute approximate surface area is 164 Å². The molecule has 1 aliphatic carbocycles. The van der Waals surface area contributed by atoms with E-state index in [4.69, 9.17) is 0 Å². The number of hydrogen-bond donors (Lipinski definition) is 3. The third-order valence-electron chi connectivity index (χ3n) is 5.28. The van der Waals surface area contributed by atoms with Gasteiger partial charge in [0.2, 0.25) is 0 Å². The van der Waals surface area contributed by atoms with Crippen LogP contribution in [0.25, 0.3) is 22.2 Å². The number of aromatic nitrogens is 3. The minimum absolute atomic E-state index is 0.0783. The van der Waals surface area contributed by atoms with Crippen molar-refractivity contribution in [1.29, 1.82) is 0 Å². The lowest BCUT2D eigenvalue weighted by molar-refractivity contribution is 0.0523. The molecule has 1 fully saturated rings. The van der Waals surface area contributed by atoms with Gasteiger partial charge in [-0.05, 0) is 69.4 Å². The maximum Gasteiger partial charge on any atom is 0.258 e. The number of hydrogen-bond acceptors (Lipinski definition) is 5. The second-order valence-corrected chi connectivity index (χ2v) is 9.66. The average molecular weight is 401 g/mol. The molecule has 0 amide bonds. The van der Waals surface area contributed by atoms with E-state index in [1.807, 2.05) is 6.07 Å². The first kappa shape index (κ1) is 19.0. The van der Waals surface area contributed by atoms with Gasteiger partial charge in [-0.2, -0.15) is 0 Å². The average Bonchev–Trinajstić information content (AvgIpc) is 3.39. The summed E-state index contributed by atoms with van der Waals surface area (Å²) in [5.41, 5.74) is 2.64. The molecule has 0 aromatic carbocycles. The summed E-state index contributed by atoms with van der Waals surface area (Å²) in [6.45, 7) is 4.72. The second kappa shape index (κ2) is 6.65. The van der Waals surface area contributed by atoms with Crippen LogP contribution in [-0.2, 0) is 10.0 Å². The third kappa shape index (κ3) is 3.67. The maximum atomic E-state index is 12.5. The molecule has 0 aliphatic heterocycles. The molecule has 3 N–H and O–H groups in total. The van der Waals surface area contributed by atoms with Gasteiger partial charge in [0.15, 0.2) is 5.03 Å². The van der Waals surface area contributed by atoms with Gasteiger partial charge in [-0.15, -0.1) is 0 Å². The number of nitrogens with zero attached hydrogens (tertiary/aromatic N) is 2. The predicted molar refractivity (Wildman–Crippen MR) is 107 cm³/mol. The standard InChI is InChI=1S/C20H24N4O3S/c1-12(20(2,3)25)24-28(26,27)18-7-6-14(11-22-18)15-8-9-21-19-16(15)10-17(23-19)13-4-5-13/h6-13,24-25H,4-5H2,1-3H3,(H,21,23). The van der Waals surface area contributed by atoms with Crippen molar-refractivity contribution in [1.82, 2.24) is 19.7 Å². The number of H-pyrrole nitrogens is 1. The van der Waals surface area contributed by atoms with Crippen molar-refractivity contribution in [3.8, 4) is 11.1 Å². The molecule has 3 heterocycles. The highest BCUT2D eigenvalue weighted by atomic mass is 32.2. The fourth-order valence-electron chi connectivity index (χ4n) is 3.05. The van der Waals surface area contributed by atoms with E-state index in [2.05, 4.69) is 25.7 Å². The second-order valence-electron chi connectivity index (χ2n) is 8.00. The Hall–Kier alpha value is -2.29. The molecule has 0 bridgehead atoms. The molecule has 8 heteroatoms. The molecular formula is C20H24N4O3S. The molecule has 3 aromatic rings. The van der Waals surface area contributed by atoms with Gasteiger partial charge in [-0.25, -0.2) is 23.1 Å². The van der Waals surface area contributed by atoms with Crippen LogP contribution >= 0.6 is 0 Å². The molecule has 1 unspecified atom stereocenters. The largest absolute Gasteiger partial charge is 0.389 e. The van der Waals surface area contributed by atoms with Crippen molar-refractivity contribution < 1.29 is 13.5 Å². The molecule has 1 saturated carbocycles. The first-order valence-corrected chi connectivity index (χ1v) is 10.8. The Morgan fingerprint density at radius 2 is 2.00 bits per heavy atom. The van der Waals surface area contributed by atoms with Crippen molar-refractivity contribution in [2.45, 2.75) is 56.2 Å². The smallest absolute Gasteiger partial charge is 0.258 e. The van der Waals surface area contributed by atoms with Gasteiger partial charge in [0.05, 0.1) is 5.60 Å². The summed E-state index contributed by atoms with van der Waals surface area (Å²) in [4.78, 5) is 11.9. The van der Waals surface area contributed by atoms with E-state index in [9.17, 15) is 13.5 Å². The Morgan fingerprint density at radius 3 is 2.61 bits per heavy atom. The van der Waals surface area contributed by atoms with Gasteiger partial charge >= 0.3 is 0 Å². The number of aromatic amines is 1. The van der Waals surface area contributed by atoms with Crippen LogP contribution in [0.1, 0.15) is 45.2 Å². The van der Waals surface area contributed by atoms with Crippen LogP contribution in [0.3, 0.4) is 0 Å². The van der Waals surface area contributed by atoms with Crippen LogP contribution in [0.15, 0.2) is 41.7 Å². The molecule has 3 aromatic heterocycles. The zero-order valence-electron chi connectivity index (χ0n) is 16.1. The highest BCUT2D eigenvalue weighted by Crippen LogP contribution is 2.41. The molecule has 1 atom stereocenters. The van der Waals surface area contributed by atoms with Crippen molar-refractivity contribution in [2.75, 3.05) is 0 Å². The Bertz CT molecular complexity index is 1110. The van der Waals surface area contributed by atoms with Gasteiger partial charge in [-0.1, -0.05) is 0 Å². The van der Waals surface area contributed by atoms with E-state index in [-0.39, 0.29) is 5.03 Å². The Balaban J connectivity index is 1.64. The van der Waals surface area contributed by atoms with Crippen LogP contribution in [0.2, 0.25) is 0 Å². The lowest BCUT2D eigenvalue weighted by Gasteiger charge is -2.26. The predicted octanol–water partition coefficient (Wildman–Crippen LogP) is 2.94. The fraction of sp³-hybridized carbons (Fsp3) is 0.400. The molecule has 1 aliphatic rings. The van der Waals surface area contributed by atoms with E-state index < -0.39 is 21.7 Å². The SMILES string of the molecule is CC(NS(=O)(=O)c1ccc(-c2ccnc3[nH]c(C4CC4)cc23)cn1)C(C)(C)O. The summed E-state index contributed by atoms with van der Waals surface area (Å²) in [5, 5.41) is 10.9. The third-order valence-corrected chi connectivity index (χ3v) is 6.74. The van der Waals surface area contributed by atoms with Crippen molar-refractivity contribution in [3.63, 3.8) is 0 Å². The van der Waals surface area contributed by atoms with Crippen LogP contribution in [-0.4, -0.2) is 40.1 Å². The topological polar surface area (TPSA) is 108 Å². The summed E-state index contributed by atoms with van der Waals surface area (Å²) < 4.78 is 27.5. The van der Waals surface area contributed by atoms with E-state index >= 15 is 0 Å².